The molecule has 2 aromatic heterocycles. The Morgan fingerprint density at radius 3 is 2.31 bits per heavy atom. The molecule has 35 heavy (non-hydrogen) atoms. The van der Waals surface area contributed by atoms with Gasteiger partial charge in [0.15, 0.2) is 14.8 Å². The maximum atomic E-state index is 13.7. The van der Waals surface area contributed by atoms with E-state index in [-0.39, 0.29) is 17.2 Å². The summed E-state index contributed by atoms with van der Waals surface area (Å²) in [6.07, 6.45) is 0. The molecule has 0 atom stereocenters. The Bertz CT molecular complexity index is 1440. The number of carbonyl (C=O) groups excluding carboxylic acids is 1. The number of fused-ring (bicyclic) bond motifs is 1. The maximum Gasteiger partial charge on any atom is 0.278 e. The van der Waals surface area contributed by atoms with Gasteiger partial charge < -0.3 is 9.64 Å². The number of ether oxygens (including phenoxy) is 1. The van der Waals surface area contributed by atoms with E-state index in [2.05, 4.69) is 0 Å². The Morgan fingerprint density at radius 1 is 1.03 bits per heavy atom. The van der Waals surface area contributed by atoms with Crippen molar-refractivity contribution >= 4 is 51.6 Å². The quantitative estimate of drug-likeness (QED) is 0.167. The first-order chi connectivity index (χ1) is 17.0. The van der Waals surface area contributed by atoms with E-state index in [1.807, 2.05) is 75.4 Å². The first-order valence-electron chi connectivity index (χ1n) is 11.4. The summed E-state index contributed by atoms with van der Waals surface area (Å²) in [5.41, 5.74) is 1.76. The van der Waals surface area contributed by atoms with Crippen molar-refractivity contribution < 1.29 is 9.53 Å². The van der Waals surface area contributed by atoms with Crippen LogP contribution in [0.25, 0.3) is 21.7 Å². The van der Waals surface area contributed by atoms with Gasteiger partial charge in [-0.1, -0.05) is 41.3 Å². The van der Waals surface area contributed by atoms with Gasteiger partial charge in [0.2, 0.25) is 5.91 Å². The highest BCUT2D eigenvalue weighted by molar-refractivity contribution is 7.99. The Labute approximate surface area is 217 Å². The first kappa shape index (κ1) is 25.2. The minimum absolute atomic E-state index is 0.00243. The molecule has 2 heterocycles. The lowest BCUT2D eigenvalue weighted by Crippen LogP contribution is -2.32. The molecule has 7 nitrogen and oxygen atoms in total. The van der Waals surface area contributed by atoms with Crippen LogP contribution in [0, 0.1) is 3.95 Å². The van der Waals surface area contributed by atoms with Crippen molar-refractivity contribution in [2.75, 3.05) is 25.4 Å². The Morgan fingerprint density at radius 2 is 1.69 bits per heavy atom. The Hall–Kier alpha value is -2.95. The molecule has 2 aromatic carbocycles. The first-order valence-corrected chi connectivity index (χ1v) is 13.6. The van der Waals surface area contributed by atoms with Crippen molar-refractivity contribution in [2.24, 2.45) is 0 Å². The number of amides is 1. The third-order valence-corrected chi connectivity index (χ3v) is 7.71. The van der Waals surface area contributed by atoms with Crippen LogP contribution >= 0.6 is 35.3 Å². The number of thiazole rings is 1. The van der Waals surface area contributed by atoms with E-state index in [0.717, 1.165) is 11.4 Å². The summed E-state index contributed by atoms with van der Waals surface area (Å²) in [5.74, 6) is 0.941. The van der Waals surface area contributed by atoms with Gasteiger partial charge >= 0.3 is 0 Å². The molecule has 0 fully saturated rings. The average molecular weight is 527 g/mol. The molecular formula is C25H26N4O3S3. The molecule has 0 saturated carbocycles. The Kier molecular flexibility index (Phi) is 8.04. The van der Waals surface area contributed by atoms with E-state index in [1.54, 1.807) is 14.0 Å². The molecule has 4 rings (SSSR count). The lowest BCUT2D eigenvalue weighted by Gasteiger charge is -2.19. The number of hydrogen-bond acceptors (Lipinski definition) is 7. The van der Waals surface area contributed by atoms with Gasteiger partial charge in [-0.2, -0.15) is 0 Å². The molecule has 0 aliphatic heterocycles. The highest BCUT2D eigenvalue weighted by Gasteiger charge is 2.20. The van der Waals surface area contributed by atoms with Crippen LogP contribution in [-0.4, -0.2) is 50.4 Å². The second-order valence-electron chi connectivity index (χ2n) is 7.51. The van der Waals surface area contributed by atoms with Crippen LogP contribution in [0.2, 0.25) is 0 Å². The monoisotopic (exact) mass is 526 g/mol. The minimum atomic E-state index is -0.209. The second-order valence-corrected chi connectivity index (χ2v) is 10.1. The molecule has 1 amide bonds. The highest BCUT2D eigenvalue weighted by Crippen LogP contribution is 2.28. The summed E-state index contributed by atoms with van der Waals surface area (Å²) >= 11 is 8.14. The Balaban J connectivity index is 1.86. The molecule has 0 N–H and O–H groups in total. The topological polar surface area (TPSA) is 69.4 Å². The van der Waals surface area contributed by atoms with Crippen LogP contribution < -0.4 is 10.3 Å². The van der Waals surface area contributed by atoms with Crippen molar-refractivity contribution in [1.29, 1.82) is 0 Å². The van der Waals surface area contributed by atoms with Gasteiger partial charge in [-0.25, -0.2) is 4.98 Å². The molecule has 0 aliphatic carbocycles. The van der Waals surface area contributed by atoms with E-state index in [9.17, 15) is 9.59 Å². The lowest BCUT2D eigenvalue weighted by molar-refractivity contribution is -0.127. The fraction of sp³-hybridized carbons (Fsp3) is 0.280. The molecule has 0 spiro atoms. The SMILES string of the molecule is CCOc1ccc(-n2c(=S)sc3c(=O)n(-c4ccccc4)c(SCC(=O)N(CC)CC)nc32)cc1. The summed E-state index contributed by atoms with van der Waals surface area (Å²) < 4.78 is 9.91. The van der Waals surface area contributed by atoms with Crippen LogP contribution in [0.1, 0.15) is 20.8 Å². The normalized spacial score (nSPS) is 11.1. The summed E-state index contributed by atoms with van der Waals surface area (Å²) in [7, 11) is 0. The van der Waals surface area contributed by atoms with Gasteiger partial charge in [-0.3, -0.25) is 18.7 Å². The number of rotatable bonds is 9. The summed E-state index contributed by atoms with van der Waals surface area (Å²) in [6, 6.07) is 16.9. The third kappa shape index (κ3) is 5.19. The van der Waals surface area contributed by atoms with Gasteiger partial charge in [0, 0.05) is 18.8 Å². The number of hydrogen-bond donors (Lipinski definition) is 0. The molecule has 182 valence electrons. The maximum absolute atomic E-state index is 13.7. The fourth-order valence-corrected chi connectivity index (χ4v) is 5.93. The van der Waals surface area contributed by atoms with Gasteiger partial charge in [0.05, 0.1) is 18.0 Å². The molecule has 0 radical (unpaired) electrons. The smallest absolute Gasteiger partial charge is 0.278 e. The van der Waals surface area contributed by atoms with E-state index in [0.29, 0.717) is 44.8 Å². The molecule has 0 saturated heterocycles. The summed E-state index contributed by atoms with van der Waals surface area (Å²) in [4.78, 5) is 33.1. The number of carbonyl (C=O) groups is 1. The van der Waals surface area contributed by atoms with Crippen molar-refractivity contribution in [3.8, 4) is 17.1 Å². The van der Waals surface area contributed by atoms with Crippen LogP contribution in [0.4, 0.5) is 0 Å². The van der Waals surface area contributed by atoms with Crippen LogP contribution in [0.5, 0.6) is 5.75 Å². The zero-order chi connectivity index (χ0) is 24.9. The molecular weight excluding hydrogens is 501 g/mol. The summed E-state index contributed by atoms with van der Waals surface area (Å²) in [5, 5.41) is 0.446. The standard InChI is InChI=1S/C25H26N4O3S3/c1-4-27(5-2)20(30)16-34-24-26-22-21(23(31)29(24)17-10-8-7-9-11-17)35-25(33)28(22)18-12-14-19(15-13-18)32-6-3/h7-15H,4-6,16H2,1-3H3. The molecule has 4 aromatic rings. The van der Waals surface area contributed by atoms with Gasteiger partial charge in [0.1, 0.15) is 10.4 Å². The predicted octanol–water partition coefficient (Wildman–Crippen LogP) is 5.33. The number of benzene rings is 2. The third-order valence-electron chi connectivity index (χ3n) is 5.44. The second kappa shape index (κ2) is 11.2. The zero-order valence-corrected chi connectivity index (χ0v) is 22.2. The van der Waals surface area contributed by atoms with E-state index in [1.165, 1.54) is 23.1 Å². The zero-order valence-electron chi connectivity index (χ0n) is 19.8. The van der Waals surface area contributed by atoms with E-state index < -0.39 is 0 Å². The number of nitrogens with zero attached hydrogens (tertiary/aromatic N) is 4. The minimum Gasteiger partial charge on any atom is -0.494 e. The molecule has 0 bridgehead atoms. The number of aromatic nitrogens is 3. The lowest BCUT2D eigenvalue weighted by atomic mass is 10.3. The fourth-order valence-electron chi connectivity index (χ4n) is 3.72. The number of thioether (sulfide) groups is 1. The van der Waals surface area contributed by atoms with Crippen LogP contribution in [0.3, 0.4) is 0 Å². The van der Waals surface area contributed by atoms with Crippen molar-refractivity contribution in [3.63, 3.8) is 0 Å². The van der Waals surface area contributed by atoms with Gasteiger partial charge in [-0.15, -0.1) is 0 Å². The molecule has 10 heteroatoms. The van der Waals surface area contributed by atoms with Crippen molar-refractivity contribution in [3.05, 3.63) is 68.9 Å². The highest BCUT2D eigenvalue weighted by atomic mass is 32.2. The van der Waals surface area contributed by atoms with Gasteiger partial charge in [-0.05, 0) is 69.4 Å². The van der Waals surface area contributed by atoms with Crippen molar-refractivity contribution in [1.82, 2.24) is 19.0 Å². The van der Waals surface area contributed by atoms with Crippen LogP contribution in [-0.2, 0) is 4.79 Å². The van der Waals surface area contributed by atoms with Gasteiger partial charge in [0.25, 0.3) is 5.56 Å². The number of para-hydroxylation sites is 1. The molecule has 0 unspecified atom stereocenters. The largest absolute Gasteiger partial charge is 0.494 e. The average Bonchev–Trinajstić information content (AvgIpc) is 3.21. The summed E-state index contributed by atoms with van der Waals surface area (Å²) in [6.45, 7) is 7.68. The molecule has 0 aliphatic rings. The predicted molar refractivity (Wildman–Crippen MR) is 145 cm³/mol. The van der Waals surface area contributed by atoms with E-state index in [4.69, 9.17) is 21.9 Å². The van der Waals surface area contributed by atoms with Crippen LogP contribution in [0.15, 0.2) is 64.5 Å². The van der Waals surface area contributed by atoms with E-state index >= 15 is 0 Å². The van der Waals surface area contributed by atoms with Crippen molar-refractivity contribution in [2.45, 2.75) is 25.9 Å².